The maximum atomic E-state index is 9.09. The molecule has 0 radical (unpaired) electrons. The molecule has 0 aromatic carbocycles. The molecule has 2 nitrogen and oxygen atoms in total. The summed E-state index contributed by atoms with van der Waals surface area (Å²) in [5.74, 6) is 2.84. The lowest BCUT2D eigenvalue weighted by molar-refractivity contribution is 0.180. The maximum absolute atomic E-state index is 9.09. The molecule has 1 fully saturated rings. The summed E-state index contributed by atoms with van der Waals surface area (Å²) in [5, 5.41) is 11.6. The van der Waals surface area contributed by atoms with Crippen molar-refractivity contribution in [3.05, 3.63) is 0 Å². The van der Waals surface area contributed by atoms with Crippen molar-refractivity contribution in [2.75, 3.05) is 19.6 Å². The minimum absolute atomic E-state index is 0.137. The summed E-state index contributed by atoms with van der Waals surface area (Å²) in [6.45, 7) is 2.46. The monoisotopic (exact) mass is 157 g/mol. The Balaban J connectivity index is 2.22. The van der Waals surface area contributed by atoms with E-state index in [1.54, 1.807) is 0 Å². The van der Waals surface area contributed by atoms with E-state index in [0.717, 1.165) is 26.1 Å². The van der Waals surface area contributed by atoms with Gasteiger partial charge in [0.15, 0.2) is 0 Å². The lowest BCUT2D eigenvalue weighted by atomic mass is 10.3. The first-order valence-corrected chi connectivity index (χ1v) is 3.80. The lowest BCUT2D eigenvalue weighted by Crippen LogP contribution is -2.22. The molecule has 1 unspecified atom stereocenters. The van der Waals surface area contributed by atoms with Gasteiger partial charge in [0.25, 0.3) is 0 Å². The van der Waals surface area contributed by atoms with Gasteiger partial charge in [-0.3, -0.25) is 4.90 Å². The molecule has 1 rings (SSSR count). The van der Waals surface area contributed by atoms with E-state index in [9.17, 15) is 0 Å². The van der Waals surface area contributed by atoms with Crippen LogP contribution < -0.4 is 0 Å². The molecule has 0 aromatic heterocycles. The quantitative estimate of drug-likeness (QED) is 0.411. The van der Waals surface area contributed by atoms with Gasteiger partial charge in [-0.05, 0) is 11.7 Å². The Morgan fingerprint density at radius 2 is 2.50 bits per heavy atom. The molecular weight excluding hydrogens is 146 g/mol. The first kappa shape index (κ1) is 7.93. The number of hydrogen-bond donors (Lipinski definition) is 2. The van der Waals surface area contributed by atoms with Crippen molar-refractivity contribution in [3.63, 3.8) is 0 Å². The first-order chi connectivity index (χ1) is 4.83. The third-order valence-corrected chi connectivity index (χ3v) is 1.79. The Hall–Kier alpha value is -0.170. The standard InChI is InChI=1S/C7H11NOS/c9-7-2-4-8(6-7)3-1-5-10/h7,9-10H,2-4,6H2. The molecular formula is C7H11NOS. The van der Waals surface area contributed by atoms with Gasteiger partial charge in [-0.25, -0.2) is 0 Å². The highest BCUT2D eigenvalue weighted by Crippen LogP contribution is 2.06. The molecule has 1 aliphatic heterocycles. The summed E-state index contributed by atoms with van der Waals surface area (Å²) >= 11 is 3.77. The number of aliphatic hydroxyl groups is 1. The summed E-state index contributed by atoms with van der Waals surface area (Å²) < 4.78 is 0. The van der Waals surface area contributed by atoms with Crippen LogP contribution in [0, 0.1) is 11.2 Å². The molecule has 0 aliphatic carbocycles. The number of rotatable bonds is 1. The van der Waals surface area contributed by atoms with Gasteiger partial charge < -0.3 is 5.11 Å². The van der Waals surface area contributed by atoms with Crippen molar-refractivity contribution in [3.8, 4) is 11.2 Å². The molecule has 0 aromatic rings. The molecule has 0 bridgehead atoms. The SMILES string of the molecule is OC1CCN(CC#CS)C1. The fourth-order valence-electron chi connectivity index (χ4n) is 1.10. The number of aliphatic hydroxyl groups excluding tert-OH is 1. The molecule has 0 amide bonds. The van der Waals surface area contributed by atoms with E-state index in [2.05, 4.69) is 28.7 Å². The van der Waals surface area contributed by atoms with Crippen molar-refractivity contribution in [2.45, 2.75) is 12.5 Å². The molecule has 10 heavy (non-hydrogen) atoms. The fourth-order valence-corrected chi connectivity index (χ4v) is 1.17. The van der Waals surface area contributed by atoms with Crippen molar-refractivity contribution in [1.29, 1.82) is 0 Å². The van der Waals surface area contributed by atoms with Crippen molar-refractivity contribution < 1.29 is 5.11 Å². The summed E-state index contributed by atoms with van der Waals surface area (Å²) in [6.07, 6.45) is 0.746. The second-order valence-corrected chi connectivity index (χ2v) is 2.69. The smallest absolute Gasteiger partial charge is 0.0679 e. The molecule has 3 heteroatoms. The summed E-state index contributed by atoms with van der Waals surface area (Å²) in [6, 6.07) is 0. The van der Waals surface area contributed by atoms with Crippen LogP contribution in [-0.4, -0.2) is 35.7 Å². The van der Waals surface area contributed by atoms with Gasteiger partial charge in [-0.2, -0.15) is 0 Å². The van der Waals surface area contributed by atoms with Crippen LogP contribution in [-0.2, 0) is 0 Å². The molecule has 56 valence electrons. The van der Waals surface area contributed by atoms with Gasteiger partial charge >= 0.3 is 0 Å². The van der Waals surface area contributed by atoms with E-state index in [1.165, 1.54) is 0 Å². The predicted octanol–water partition coefficient (Wildman–Crippen LogP) is -0.0563. The fraction of sp³-hybridized carbons (Fsp3) is 0.714. The Labute approximate surface area is 66.6 Å². The third-order valence-electron chi connectivity index (χ3n) is 1.63. The molecule has 1 saturated heterocycles. The molecule has 1 N–H and O–H groups in total. The van der Waals surface area contributed by atoms with Gasteiger partial charge in [-0.15, -0.1) is 0 Å². The molecule has 1 aliphatic rings. The highest BCUT2D eigenvalue weighted by atomic mass is 32.1. The number of hydrogen-bond acceptors (Lipinski definition) is 3. The van der Waals surface area contributed by atoms with E-state index in [-0.39, 0.29) is 6.10 Å². The normalized spacial score (nSPS) is 26.0. The average molecular weight is 157 g/mol. The minimum Gasteiger partial charge on any atom is -0.392 e. The van der Waals surface area contributed by atoms with Crippen LogP contribution in [0.25, 0.3) is 0 Å². The first-order valence-electron chi connectivity index (χ1n) is 3.35. The Morgan fingerprint density at radius 1 is 1.70 bits per heavy atom. The number of thiol groups is 1. The van der Waals surface area contributed by atoms with E-state index in [1.807, 2.05) is 0 Å². The molecule has 1 atom stereocenters. The van der Waals surface area contributed by atoms with Crippen LogP contribution in [0.4, 0.5) is 0 Å². The zero-order valence-corrected chi connectivity index (χ0v) is 6.64. The van der Waals surface area contributed by atoms with Crippen molar-refractivity contribution in [2.24, 2.45) is 0 Å². The highest BCUT2D eigenvalue weighted by molar-refractivity contribution is 7.85. The number of likely N-dealkylation sites (tertiary alicyclic amines) is 1. The van der Waals surface area contributed by atoms with Gasteiger partial charge in [0.05, 0.1) is 12.6 Å². The highest BCUT2D eigenvalue weighted by Gasteiger charge is 2.18. The molecule has 0 spiro atoms. The molecule has 1 heterocycles. The Kier molecular flexibility index (Phi) is 3.07. The summed E-state index contributed by atoms with van der Waals surface area (Å²) in [4.78, 5) is 2.12. The Bertz CT molecular complexity index is 161. The van der Waals surface area contributed by atoms with E-state index < -0.39 is 0 Å². The van der Waals surface area contributed by atoms with E-state index in [4.69, 9.17) is 5.11 Å². The third kappa shape index (κ3) is 2.22. The van der Waals surface area contributed by atoms with Crippen LogP contribution >= 0.6 is 12.6 Å². The van der Waals surface area contributed by atoms with Crippen molar-refractivity contribution in [1.82, 2.24) is 4.90 Å². The van der Waals surface area contributed by atoms with Gasteiger partial charge in [0.1, 0.15) is 0 Å². The lowest BCUT2D eigenvalue weighted by Gasteiger charge is -2.08. The summed E-state index contributed by atoms with van der Waals surface area (Å²) in [5.41, 5.74) is 0. The summed E-state index contributed by atoms with van der Waals surface area (Å²) in [7, 11) is 0. The van der Waals surface area contributed by atoms with E-state index >= 15 is 0 Å². The maximum Gasteiger partial charge on any atom is 0.0679 e. The topological polar surface area (TPSA) is 23.5 Å². The van der Waals surface area contributed by atoms with Gasteiger partial charge in [0.2, 0.25) is 0 Å². The zero-order chi connectivity index (χ0) is 7.40. The van der Waals surface area contributed by atoms with Crippen LogP contribution in [0.1, 0.15) is 6.42 Å². The van der Waals surface area contributed by atoms with Crippen LogP contribution in [0.3, 0.4) is 0 Å². The largest absolute Gasteiger partial charge is 0.392 e. The zero-order valence-electron chi connectivity index (χ0n) is 5.75. The number of nitrogens with zero attached hydrogens (tertiary/aromatic N) is 1. The van der Waals surface area contributed by atoms with E-state index in [0.29, 0.717) is 0 Å². The van der Waals surface area contributed by atoms with Gasteiger partial charge in [-0.1, -0.05) is 18.5 Å². The Morgan fingerprint density at radius 3 is 3.00 bits per heavy atom. The second-order valence-electron chi connectivity index (χ2n) is 2.47. The van der Waals surface area contributed by atoms with Crippen LogP contribution in [0.2, 0.25) is 0 Å². The second kappa shape index (κ2) is 3.87. The van der Waals surface area contributed by atoms with Crippen LogP contribution in [0.15, 0.2) is 0 Å². The minimum atomic E-state index is -0.137. The predicted molar refractivity (Wildman–Crippen MR) is 43.8 cm³/mol. The van der Waals surface area contributed by atoms with Crippen LogP contribution in [0.5, 0.6) is 0 Å². The van der Waals surface area contributed by atoms with Crippen molar-refractivity contribution >= 4 is 12.6 Å². The average Bonchev–Trinajstić information content (AvgIpc) is 2.31. The van der Waals surface area contributed by atoms with Gasteiger partial charge in [0, 0.05) is 13.1 Å². The molecule has 0 saturated carbocycles. The number of β-amino-alcohol motifs (C(OH)–C–C–N with tert-alkyl or cyclic N) is 1.